The average Bonchev–Trinajstić information content (AvgIpc) is 2.74. The van der Waals surface area contributed by atoms with Crippen LogP contribution in [0, 0.1) is 0 Å². The normalized spacial score (nSPS) is 20.2. The largest absolute Gasteiger partial charge is 0.416 e. The van der Waals surface area contributed by atoms with Crippen LogP contribution in [0.5, 0.6) is 0 Å². The number of aliphatic hydroxyl groups is 1. The lowest BCUT2D eigenvalue weighted by Gasteiger charge is -2.28. The molecule has 3 rings (SSSR count). The summed E-state index contributed by atoms with van der Waals surface area (Å²) in [7, 11) is 0. The Morgan fingerprint density at radius 1 is 1.12 bits per heavy atom. The molecule has 0 spiro atoms. The summed E-state index contributed by atoms with van der Waals surface area (Å²) in [6.07, 6.45) is -1.68. The number of benzene rings is 2. The van der Waals surface area contributed by atoms with Crippen molar-refractivity contribution in [3.05, 3.63) is 65.2 Å². The fraction of sp³-hybridized carbons (Fsp3) is 0.350. The van der Waals surface area contributed by atoms with Crippen LogP contribution in [-0.4, -0.2) is 11.0 Å². The molecule has 138 valence electrons. The number of anilines is 1. The van der Waals surface area contributed by atoms with Crippen molar-refractivity contribution in [2.45, 2.75) is 43.9 Å². The zero-order valence-corrected chi connectivity index (χ0v) is 14.1. The van der Waals surface area contributed by atoms with E-state index in [0.717, 1.165) is 42.5 Å². The number of amides is 1. The molecule has 6 heteroatoms. The SMILES string of the molecule is O=C(CC1(O)CCCCc2ccccc21)Nc1cccc(C(F)(F)F)c1. The standard InChI is InChI=1S/C20H20F3NO2/c21-20(22,23)15-8-5-9-16(12-15)24-18(25)13-19(26)11-4-3-7-14-6-1-2-10-17(14)19/h1-2,5-6,8-10,12,26H,3-4,7,11,13H2,(H,24,25). The van der Waals surface area contributed by atoms with Crippen LogP contribution in [0.2, 0.25) is 0 Å². The molecule has 2 N–H and O–H groups in total. The van der Waals surface area contributed by atoms with Crippen LogP contribution in [0.4, 0.5) is 18.9 Å². The summed E-state index contributed by atoms with van der Waals surface area (Å²) in [6, 6.07) is 12.0. The Balaban J connectivity index is 1.78. The number of carbonyl (C=O) groups is 1. The minimum absolute atomic E-state index is 0.0651. The number of carbonyl (C=O) groups excluding carboxylic acids is 1. The van der Waals surface area contributed by atoms with Crippen molar-refractivity contribution in [3.63, 3.8) is 0 Å². The smallest absolute Gasteiger partial charge is 0.385 e. The summed E-state index contributed by atoms with van der Waals surface area (Å²) in [5.74, 6) is -0.511. The Morgan fingerprint density at radius 2 is 1.88 bits per heavy atom. The van der Waals surface area contributed by atoms with Crippen LogP contribution in [0.3, 0.4) is 0 Å². The van der Waals surface area contributed by atoms with Crippen LogP contribution < -0.4 is 5.32 Å². The van der Waals surface area contributed by atoms with Gasteiger partial charge in [-0.25, -0.2) is 0 Å². The molecule has 0 bridgehead atoms. The lowest BCUT2D eigenvalue weighted by molar-refractivity contribution is -0.137. The Bertz CT molecular complexity index is 804. The second-order valence-corrected chi connectivity index (χ2v) is 6.70. The third-order valence-electron chi connectivity index (χ3n) is 4.73. The third-order valence-corrected chi connectivity index (χ3v) is 4.73. The second-order valence-electron chi connectivity index (χ2n) is 6.70. The molecule has 1 unspecified atom stereocenters. The van der Waals surface area contributed by atoms with Crippen molar-refractivity contribution in [2.75, 3.05) is 5.32 Å². The monoisotopic (exact) mass is 363 g/mol. The minimum Gasteiger partial charge on any atom is -0.385 e. The molecule has 0 radical (unpaired) electrons. The highest BCUT2D eigenvalue weighted by atomic mass is 19.4. The van der Waals surface area contributed by atoms with Gasteiger partial charge in [-0.15, -0.1) is 0 Å². The van der Waals surface area contributed by atoms with E-state index in [9.17, 15) is 23.1 Å². The van der Waals surface area contributed by atoms with Gasteiger partial charge in [0.25, 0.3) is 0 Å². The first-order valence-corrected chi connectivity index (χ1v) is 8.56. The average molecular weight is 363 g/mol. The summed E-state index contributed by atoms with van der Waals surface area (Å²) >= 11 is 0. The number of alkyl halides is 3. The van der Waals surface area contributed by atoms with E-state index in [1.54, 1.807) is 0 Å². The fourth-order valence-corrected chi connectivity index (χ4v) is 3.49. The minimum atomic E-state index is -4.47. The predicted octanol–water partition coefficient (Wildman–Crippen LogP) is 4.65. The Hall–Kier alpha value is -2.34. The molecular formula is C20H20F3NO2. The number of halogens is 3. The maximum Gasteiger partial charge on any atom is 0.416 e. The summed E-state index contributed by atoms with van der Waals surface area (Å²) in [6.45, 7) is 0. The van der Waals surface area contributed by atoms with E-state index < -0.39 is 23.2 Å². The molecule has 0 heterocycles. The molecule has 0 saturated heterocycles. The molecule has 1 atom stereocenters. The second kappa shape index (κ2) is 7.11. The topological polar surface area (TPSA) is 49.3 Å². The molecule has 26 heavy (non-hydrogen) atoms. The van der Waals surface area contributed by atoms with Gasteiger partial charge in [0.05, 0.1) is 17.6 Å². The van der Waals surface area contributed by atoms with Gasteiger partial charge in [-0.3, -0.25) is 4.79 Å². The van der Waals surface area contributed by atoms with E-state index in [0.29, 0.717) is 6.42 Å². The molecule has 0 saturated carbocycles. The van der Waals surface area contributed by atoms with E-state index in [1.807, 2.05) is 24.3 Å². The first kappa shape index (κ1) is 18.5. The van der Waals surface area contributed by atoms with Crippen molar-refractivity contribution >= 4 is 11.6 Å². The van der Waals surface area contributed by atoms with Crippen molar-refractivity contribution < 1.29 is 23.1 Å². The maximum atomic E-state index is 12.8. The van der Waals surface area contributed by atoms with Crippen LogP contribution in [0.1, 0.15) is 42.4 Å². The van der Waals surface area contributed by atoms with Crippen LogP contribution >= 0.6 is 0 Å². The highest BCUT2D eigenvalue weighted by Gasteiger charge is 2.35. The molecule has 0 aliphatic heterocycles. The van der Waals surface area contributed by atoms with Gasteiger partial charge in [-0.1, -0.05) is 30.3 Å². The van der Waals surface area contributed by atoms with Gasteiger partial charge in [-0.2, -0.15) is 13.2 Å². The summed E-state index contributed by atoms with van der Waals surface area (Å²) in [5, 5.41) is 13.6. The van der Waals surface area contributed by atoms with Crippen molar-refractivity contribution in [2.24, 2.45) is 0 Å². The number of nitrogens with one attached hydrogen (secondary N) is 1. The van der Waals surface area contributed by atoms with Crippen LogP contribution in [0.25, 0.3) is 0 Å². The molecule has 0 fully saturated rings. The summed E-state index contributed by atoms with van der Waals surface area (Å²) in [5.41, 5.74) is -0.320. The third kappa shape index (κ3) is 4.07. The van der Waals surface area contributed by atoms with E-state index >= 15 is 0 Å². The van der Waals surface area contributed by atoms with Crippen molar-refractivity contribution in [3.8, 4) is 0 Å². The first-order chi connectivity index (χ1) is 12.3. The van der Waals surface area contributed by atoms with Gasteiger partial charge in [0.1, 0.15) is 0 Å². The summed E-state index contributed by atoms with van der Waals surface area (Å²) < 4.78 is 38.4. The Morgan fingerprint density at radius 3 is 2.65 bits per heavy atom. The van der Waals surface area contributed by atoms with Crippen LogP contribution in [-0.2, 0) is 23.0 Å². The molecule has 0 aromatic heterocycles. The van der Waals surface area contributed by atoms with E-state index in [-0.39, 0.29) is 12.1 Å². The number of rotatable bonds is 3. The highest BCUT2D eigenvalue weighted by molar-refractivity contribution is 5.91. The zero-order valence-electron chi connectivity index (χ0n) is 14.1. The molecule has 1 aliphatic carbocycles. The molecule has 1 amide bonds. The first-order valence-electron chi connectivity index (χ1n) is 8.56. The van der Waals surface area contributed by atoms with Gasteiger partial charge >= 0.3 is 6.18 Å². The van der Waals surface area contributed by atoms with Gasteiger partial charge in [0.15, 0.2) is 0 Å². The molecule has 2 aromatic carbocycles. The Labute approximate surface area is 149 Å². The molecular weight excluding hydrogens is 343 g/mol. The van der Waals surface area contributed by atoms with Crippen molar-refractivity contribution in [1.82, 2.24) is 0 Å². The molecule has 2 aromatic rings. The van der Waals surface area contributed by atoms with E-state index in [1.165, 1.54) is 12.1 Å². The lowest BCUT2D eigenvalue weighted by atomic mass is 9.85. The molecule has 1 aliphatic rings. The van der Waals surface area contributed by atoms with Gasteiger partial charge in [0, 0.05) is 5.69 Å². The van der Waals surface area contributed by atoms with Gasteiger partial charge in [0.2, 0.25) is 5.91 Å². The number of hydrogen-bond donors (Lipinski definition) is 2. The maximum absolute atomic E-state index is 12.8. The Kier molecular flexibility index (Phi) is 5.05. The number of fused-ring (bicyclic) bond motifs is 1. The predicted molar refractivity (Wildman–Crippen MR) is 92.6 cm³/mol. The number of hydrogen-bond acceptors (Lipinski definition) is 2. The number of aryl methyl sites for hydroxylation is 1. The van der Waals surface area contributed by atoms with Crippen LogP contribution in [0.15, 0.2) is 48.5 Å². The summed E-state index contributed by atoms with van der Waals surface area (Å²) in [4.78, 5) is 12.4. The lowest BCUT2D eigenvalue weighted by Crippen LogP contribution is -2.32. The fourth-order valence-electron chi connectivity index (χ4n) is 3.49. The van der Waals surface area contributed by atoms with E-state index in [2.05, 4.69) is 5.32 Å². The molecule has 3 nitrogen and oxygen atoms in total. The van der Waals surface area contributed by atoms with E-state index in [4.69, 9.17) is 0 Å². The van der Waals surface area contributed by atoms with Gasteiger partial charge in [-0.05, 0) is 55.0 Å². The van der Waals surface area contributed by atoms with Gasteiger partial charge < -0.3 is 10.4 Å². The quantitative estimate of drug-likeness (QED) is 0.780. The van der Waals surface area contributed by atoms with Crippen molar-refractivity contribution in [1.29, 1.82) is 0 Å². The highest BCUT2D eigenvalue weighted by Crippen LogP contribution is 2.37. The zero-order chi connectivity index (χ0) is 18.8.